The van der Waals surface area contributed by atoms with E-state index >= 15 is 0 Å². The van der Waals surface area contributed by atoms with E-state index in [-0.39, 0.29) is 5.28 Å². The van der Waals surface area contributed by atoms with Gasteiger partial charge in [-0.2, -0.15) is 4.98 Å². The first-order chi connectivity index (χ1) is 21.7. The summed E-state index contributed by atoms with van der Waals surface area (Å²) in [6.07, 6.45) is 0. The van der Waals surface area contributed by atoms with E-state index in [9.17, 15) is 0 Å². The molecule has 4 aromatic heterocycles. The lowest BCUT2D eigenvalue weighted by Gasteiger charge is -2.10. The van der Waals surface area contributed by atoms with Gasteiger partial charge in [0, 0.05) is 36.3 Å². The molecule has 0 unspecified atom stereocenters. The maximum Gasteiger partial charge on any atom is 0.225 e. The lowest BCUT2D eigenvalue weighted by atomic mass is 9.97. The van der Waals surface area contributed by atoms with Gasteiger partial charge in [-0.25, -0.2) is 4.98 Å². The Bertz CT molecular complexity index is 2790. The molecule has 0 bridgehead atoms. The molecule has 0 aliphatic carbocycles. The van der Waals surface area contributed by atoms with Crippen molar-refractivity contribution >= 4 is 107 Å². The Labute approximate surface area is 264 Å². The Morgan fingerprint density at radius 2 is 1.18 bits per heavy atom. The van der Waals surface area contributed by atoms with E-state index in [1.54, 1.807) is 11.3 Å². The van der Waals surface area contributed by atoms with Crippen LogP contribution in [0, 0.1) is 0 Å². The molecule has 6 heteroatoms. The van der Waals surface area contributed by atoms with Gasteiger partial charge in [0.1, 0.15) is 0 Å². The molecule has 3 nitrogen and oxygen atoms in total. The van der Waals surface area contributed by atoms with Crippen molar-refractivity contribution in [1.29, 1.82) is 0 Å². The number of rotatable bonds is 2. The number of benzene rings is 6. The molecule has 0 amide bonds. The molecule has 0 N–H and O–H groups in total. The zero-order valence-electron chi connectivity index (χ0n) is 23.1. The smallest absolute Gasteiger partial charge is 0.225 e. The van der Waals surface area contributed by atoms with Crippen molar-refractivity contribution in [3.05, 3.63) is 127 Å². The minimum Gasteiger partial charge on any atom is -0.291 e. The average Bonchev–Trinajstić information content (AvgIpc) is 3.75. The molecule has 4 heterocycles. The highest BCUT2D eigenvalue weighted by Gasteiger charge is 2.24. The average molecular weight is 618 g/mol. The molecule has 206 valence electrons. The summed E-state index contributed by atoms with van der Waals surface area (Å²) in [7, 11) is 0. The summed E-state index contributed by atoms with van der Waals surface area (Å²) in [6, 6.07) is 43.4. The van der Waals surface area contributed by atoms with Crippen LogP contribution in [-0.2, 0) is 0 Å². The van der Waals surface area contributed by atoms with E-state index in [0.717, 1.165) is 32.5 Å². The molecule has 0 aliphatic heterocycles. The number of thiophene rings is 2. The topological polar surface area (TPSA) is 30.7 Å². The molecule has 10 aromatic rings. The van der Waals surface area contributed by atoms with Crippen LogP contribution < -0.4 is 0 Å². The standard InChI is InChI=1S/C38H20ClN3S2/c39-38-40-33-26-15-7-9-17-29(26)44-36(33)37(41-38)42-28-16-8-6-14-25(28)31-23-12-4-5-13-24(23)32-27-20-22(21-10-2-1-3-11-21)18-19-30(27)43-35(32)34(31)42/h1-20H. The Hall–Kier alpha value is -4.81. The van der Waals surface area contributed by atoms with E-state index in [1.807, 2.05) is 11.3 Å². The molecule has 10 rings (SSSR count). The van der Waals surface area contributed by atoms with Crippen LogP contribution in [0.1, 0.15) is 0 Å². The summed E-state index contributed by atoms with van der Waals surface area (Å²) >= 11 is 10.3. The number of fused-ring (bicyclic) bond motifs is 13. The molecular formula is C38H20ClN3S2. The second-order valence-electron chi connectivity index (χ2n) is 11.1. The van der Waals surface area contributed by atoms with Gasteiger partial charge in [0.2, 0.25) is 5.28 Å². The van der Waals surface area contributed by atoms with Gasteiger partial charge in [-0.3, -0.25) is 4.57 Å². The van der Waals surface area contributed by atoms with Crippen molar-refractivity contribution < 1.29 is 0 Å². The first-order valence-electron chi connectivity index (χ1n) is 14.5. The number of para-hydroxylation sites is 1. The van der Waals surface area contributed by atoms with Gasteiger partial charge in [0.25, 0.3) is 0 Å². The highest BCUT2D eigenvalue weighted by atomic mass is 35.5. The molecule has 0 spiro atoms. The number of nitrogens with zero attached hydrogens (tertiary/aromatic N) is 3. The second kappa shape index (κ2) is 9.10. The fourth-order valence-corrected chi connectivity index (χ4v) is 9.44. The van der Waals surface area contributed by atoms with E-state index < -0.39 is 0 Å². The normalized spacial score (nSPS) is 12.2. The van der Waals surface area contributed by atoms with Crippen LogP contribution in [0.5, 0.6) is 0 Å². The minimum atomic E-state index is 0.253. The summed E-state index contributed by atoms with van der Waals surface area (Å²) in [4.78, 5) is 9.70. The van der Waals surface area contributed by atoms with Gasteiger partial charge >= 0.3 is 0 Å². The first-order valence-corrected chi connectivity index (χ1v) is 16.5. The SMILES string of the molecule is Clc1nc(-n2c3ccccc3c3c4ccccc4c4c5cc(-c6ccccc6)ccc5sc4c32)c2sc3ccccc3c2n1. The lowest BCUT2D eigenvalue weighted by Crippen LogP contribution is -1.99. The van der Waals surface area contributed by atoms with Gasteiger partial charge in [0.15, 0.2) is 5.82 Å². The Kier molecular flexibility index (Phi) is 5.09. The molecule has 0 saturated heterocycles. The van der Waals surface area contributed by atoms with Crippen molar-refractivity contribution in [2.75, 3.05) is 0 Å². The third-order valence-electron chi connectivity index (χ3n) is 8.74. The first kappa shape index (κ1) is 24.6. The molecule has 0 aliphatic rings. The van der Waals surface area contributed by atoms with E-state index in [4.69, 9.17) is 21.6 Å². The minimum absolute atomic E-state index is 0.253. The van der Waals surface area contributed by atoms with Gasteiger partial charge in [0.05, 0.1) is 25.9 Å². The van der Waals surface area contributed by atoms with Gasteiger partial charge < -0.3 is 0 Å². The van der Waals surface area contributed by atoms with E-state index in [1.165, 1.54) is 57.5 Å². The van der Waals surface area contributed by atoms with E-state index in [2.05, 4.69) is 126 Å². The molecule has 0 fully saturated rings. The van der Waals surface area contributed by atoms with Crippen LogP contribution >= 0.6 is 34.3 Å². The predicted molar refractivity (Wildman–Crippen MR) is 190 cm³/mol. The van der Waals surface area contributed by atoms with Gasteiger partial charge in [-0.1, -0.05) is 97.1 Å². The van der Waals surface area contributed by atoms with E-state index in [0.29, 0.717) is 0 Å². The summed E-state index contributed by atoms with van der Waals surface area (Å²) in [5, 5.41) is 8.85. The highest BCUT2D eigenvalue weighted by molar-refractivity contribution is 7.27. The summed E-state index contributed by atoms with van der Waals surface area (Å²) < 4.78 is 7.07. The summed E-state index contributed by atoms with van der Waals surface area (Å²) in [5.74, 6) is 0.825. The number of hydrogen-bond donors (Lipinski definition) is 0. The van der Waals surface area contributed by atoms with Gasteiger partial charge in [-0.05, 0) is 57.8 Å². The van der Waals surface area contributed by atoms with Gasteiger partial charge in [-0.15, -0.1) is 22.7 Å². The molecule has 0 atom stereocenters. The Morgan fingerprint density at radius 1 is 0.523 bits per heavy atom. The van der Waals surface area contributed by atoms with Crippen molar-refractivity contribution in [1.82, 2.24) is 14.5 Å². The summed E-state index contributed by atoms with van der Waals surface area (Å²) in [5.41, 5.74) is 5.60. The lowest BCUT2D eigenvalue weighted by molar-refractivity contribution is 1.08. The number of halogens is 1. The largest absolute Gasteiger partial charge is 0.291 e. The molecule has 44 heavy (non-hydrogen) atoms. The third-order valence-corrected chi connectivity index (χ3v) is 11.2. The van der Waals surface area contributed by atoms with Crippen LogP contribution in [0.4, 0.5) is 0 Å². The third kappa shape index (κ3) is 3.32. The van der Waals surface area contributed by atoms with Crippen LogP contribution in [-0.4, -0.2) is 14.5 Å². The van der Waals surface area contributed by atoms with Crippen molar-refractivity contribution in [3.8, 4) is 16.9 Å². The quantitative estimate of drug-likeness (QED) is 0.181. The molecular weight excluding hydrogens is 598 g/mol. The molecule has 0 saturated carbocycles. The zero-order chi connectivity index (χ0) is 28.9. The molecule has 6 aromatic carbocycles. The molecule has 0 radical (unpaired) electrons. The maximum atomic E-state index is 6.73. The number of aromatic nitrogens is 3. The maximum absolute atomic E-state index is 6.73. The highest BCUT2D eigenvalue weighted by Crippen LogP contribution is 2.49. The Balaban J connectivity index is 1.45. The van der Waals surface area contributed by atoms with Crippen molar-refractivity contribution in [3.63, 3.8) is 0 Å². The monoisotopic (exact) mass is 617 g/mol. The predicted octanol–water partition coefficient (Wildman–Crippen LogP) is 11.8. The van der Waals surface area contributed by atoms with Crippen molar-refractivity contribution in [2.45, 2.75) is 0 Å². The second-order valence-corrected chi connectivity index (χ2v) is 13.5. The Morgan fingerprint density at radius 3 is 2.02 bits per heavy atom. The zero-order valence-corrected chi connectivity index (χ0v) is 25.5. The van der Waals surface area contributed by atoms with Crippen LogP contribution in [0.2, 0.25) is 5.28 Å². The summed E-state index contributed by atoms with van der Waals surface area (Å²) in [6.45, 7) is 0. The fourth-order valence-electron chi connectivity index (χ4n) is 6.91. The van der Waals surface area contributed by atoms with Crippen LogP contribution in [0.15, 0.2) is 121 Å². The van der Waals surface area contributed by atoms with Crippen LogP contribution in [0.25, 0.3) is 90.0 Å². The van der Waals surface area contributed by atoms with Crippen molar-refractivity contribution in [2.24, 2.45) is 0 Å². The fraction of sp³-hybridized carbons (Fsp3) is 0. The number of hydrogen-bond acceptors (Lipinski definition) is 4. The van der Waals surface area contributed by atoms with Crippen LogP contribution in [0.3, 0.4) is 0 Å².